The van der Waals surface area contributed by atoms with Gasteiger partial charge in [0.15, 0.2) is 17.7 Å². The van der Waals surface area contributed by atoms with Gasteiger partial charge in [0.2, 0.25) is 0 Å². The number of carbonyl (C=O) groups is 1. The van der Waals surface area contributed by atoms with Crippen molar-refractivity contribution in [1.82, 2.24) is 0 Å². The SMILES string of the molecule is O=C(O)[C@H](O)Cc1cccc(F)c1F. The van der Waals surface area contributed by atoms with E-state index in [4.69, 9.17) is 10.2 Å². The van der Waals surface area contributed by atoms with Gasteiger partial charge in [-0.25, -0.2) is 13.6 Å². The highest BCUT2D eigenvalue weighted by Gasteiger charge is 2.17. The number of aliphatic carboxylic acids is 1. The summed E-state index contributed by atoms with van der Waals surface area (Å²) in [5.74, 6) is -3.64. The fourth-order valence-corrected chi connectivity index (χ4v) is 1.00. The molecule has 0 saturated heterocycles. The van der Waals surface area contributed by atoms with Gasteiger partial charge in [-0.05, 0) is 11.6 Å². The maximum absolute atomic E-state index is 12.9. The predicted molar refractivity (Wildman–Crippen MR) is 43.7 cm³/mol. The molecule has 0 radical (unpaired) electrons. The lowest BCUT2D eigenvalue weighted by Crippen LogP contribution is -2.22. The number of carboxylic acid groups (broad SMARTS) is 1. The van der Waals surface area contributed by atoms with Crippen molar-refractivity contribution in [3.8, 4) is 0 Å². The quantitative estimate of drug-likeness (QED) is 0.767. The van der Waals surface area contributed by atoms with Gasteiger partial charge in [0.1, 0.15) is 0 Å². The molecule has 0 unspecified atom stereocenters. The molecule has 1 aromatic rings. The summed E-state index contributed by atoms with van der Waals surface area (Å²) in [5, 5.41) is 17.2. The zero-order chi connectivity index (χ0) is 10.7. The molecule has 1 atom stereocenters. The van der Waals surface area contributed by atoms with Crippen molar-refractivity contribution in [2.24, 2.45) is 0 Å². The van der Waals surface area contributed by atoms with Crippen LogP contribution in [-0.4, -0.2) is 22.3 Å². The third kappa shape index (κ3) is 2.26. The minimum atomic E-state index is -1.72. The Labute approximate surface area is 78.6 Å². The van der Waals surface area contributed by atoms with E-state index in [-0.39, 0.29) is 5.56 Å². The molecule has 0 aliphatic carbocycles. The highest BCUT2D eigenvalue weighted by atomic mass is 19.2. The molecule has 2 N–H and O–H groups in total. The number of rotatable bonds is 3. The number of carboxylic acids is 1. The van der Waals surface area contributed by atoms with Crippen molar-refractivity contribution in [2.45, 2.75) is 12.5 Å². The van der Waals surface area contributed by atoms with Gasteiger partial charge >= 0.3 is 5.97 Å². The van der Waals surface area contributed by atoms with Gasteiger partial charge in [-0.15, -0.1) is 0 Å². The molecule has 0 amide bonds. The Balaban J connectivity index is 2.87. The van der Waals surface area contributed by atoms with Crippen LogP contribution in [0.15, 0.2) is 18.2 Å². The molecule has 76 valence electrons. The molecular formula is C9H8F2O3. The van der Waals surface area contributed by atoms with Crippen LogP contribution in [0.4, 0.5) is 8.78 Å². The Morgan fingerprint density at radius 3 is 2.64 bits per heavy atom. The molecule has 1 rings (SSSR count). The second-order valence-corrected chi connectivity index (χ2v) is 2.77. The Morgan fingerprint density at radius 1 is 1.43 bits per heavy atom. The minimum Gasteiger partial charge on any atom is -0.479 e. The van der Waals surface area contributed by atoms with Gasteiger partial charge in [-0.2, -0.15) is 0 Å². The number of aliphatic hydroxyl groups excluding tert-OH is 1. The zero-order valence-electron chi connectivity index (χ0n) is 7.08. The van der Waals surface area contributed by atoms with Gasteiger partial charge in [0, 0.05) is 6.42 Å². The molecule has 0 aromatic heterocycles. The van der Waals surface area contributed by atoms with Gasteiger partial charge in [0.05, 0.1) is 0 Å². The summed E-state index contributed by atoms with van der Waals surface area (Å²) in [6, 6.07) is 3.40. The van der Waals surface area contributed by atoms with E-state index in [1.165, 1.54) is 12.1 Å². The highest BCUT2D eigenvalue weighted by Crippen LogP contribution is 2.13. The number of aliphatic hydroxyl groups is 1. The predicted octanol–water partition coefficient (Wildman–Crippen LogP) is 0.953. The van der Waals surface area contributed by atoms with Crippen LogP contribution in [0, 0.1) is 11.6 Å². The smallest absolute Gasteiger partial charge is 0.332 e. The van der Waals surface area contributed by atoms with E-state index in [9.17, 15) is 13.6 Å². The van der Waals surface area contributed by atoms with Crippen LogP contribution in [0.1, 0.15) is 5.56 Å². The van der Waals surface area contributed by atoms with Crippen LogP contribution < -0.4 is 0 Å². The second kappa shape index (κ2) is 4.15. The van der Waals surface area contributed by atoms with Gasteiger partial charge in [0.25, 0.3) is 0 Å². The lowest BCUT2D eigenvalue weighted by molar-refractivity contribution is -0.146. The molecule has 0 saturated carbocycles. The summed E-state index contributed by atoms with van der Waals surface area (Å²) in [4.78, 5) is 10.2. The molecule has 0 heterocycles. The van der Waals surface area contributed by atoms with Gasteiger partial charge < -0.3 is 10.2 Å². The van der Waals surface area contributed by atoms with E-state index in [2.05, 4.69) is 0 Å². The van der Waals surface area contributed by atoms with Crippen LogP contribution in [0.25, 0.3) is 0 Å². The largest absolute Gasteiger partial charge is 0.479 e. The zero-order valence-corrected chi connectivity index (χ0v) is 7.08. The van der Waals surface area contributed by atoms with Crippen molar-refractivity contribution >= 4 is 5.97 Å². The van der Waals surface area contributed by atoms with Crippen LogP contribution in [0.5, 0.6) is 0 Å². The van der Waals surface area contributed by atoms with E-state index in [1.807, 2.05) is 0 Å². The summed E-state index contributed by atoms with van der Waals surface area (Å²) in [7, 11) is 0. The number of hydrogen-bond acceptors (Lipinski definition) is 2. The van der Waals surface area contributed by atoms with Crippen molar-refractivity contribution in [1.29, 1.82) is 0 Å². The Morgan fingerprint density at radius 2 is 2.07 bits per heavy atom. The molecule has 1 aromatic carbocycles. The third-order valence-corrected chi connectivity index (χ3v) is 1.73. The lowest BCUT2D eigenvalue weighted by Gasteiger charge is -2.06. The normalized spacial score (nSPS) is 12.5. The van der Waals surface area contributed by atoms with E-state index in [1.54, 1.807) is 0 Å². The maximum atomic E-state index is 12.9. The van der Waals surface area contributed by atoms with E-state index in [0.717, 1.165) is 6.07 Å². The number of hydrogen-bond donors (Lipinski definition) is 2. The first-order chi connectivity index (χ1) is 6.52. The average Bonchev–Trinajstić information content (AvgIpc) is 2.12. The Kier molecular flexibility index (Phi) is 3.14. The monoisotopic (exact) mass is 202 g/mol. The summed E-state index contributed by atoms with van der Waals surface area (Å²) in [6.07, 6.45) is -2.16. The number of halogens is 2. The molecule has 0 aliphatic rings. The molecule has 5 heteroatoms. The topological polar surface area (TPSA) is 57.5 Å². The standard InChI is InChI=1S/C9H8F2O3/c10-6-3-1-2-5(8(6)11)4-7(12)9(13)14/h1-3,7,12H,4H2,(H,13,14)/t7-/m1/s1. The van der Waals surface area contributed by atoms with Gasteiger partial charge in [-0.1, -0.05) is 12.1 Å². The lowest BCUT2D eigenvalue weighted by atomic mass is 10.1. The highest BCUT2D eigenvalue weighted by molar-refractivity contribution is 5.72. The Hall–Kier alpha value is -1.49. The number of benzene rings is 1. The molecule has 0 fully saturated rings. The summed E-state index contributed by atoms with van der Waals surface area (Å²) in [6.45, 7) is 0. The second-order valence-electron chi connectivity index (χ2n) is 2.77. The molecular weight excluding hydrogens is 194 g/mol. The molecule has 0 bridgehead atoms. The maximum Gasteiger partial charge on any atom is 0.332 e. The molecule has 3 nitrogen and oxygen atoms in total. The summed E-state index contributed by atoms with van der Waals surface area (Å²) in [5.41, 5.74) is -0.153. The van der Waals surface area contributed by atoms with Crippen LogP contribution in [0.2, 0.25) is 0 Å². The van der Waals surface area contributed by atoms with Crippen LogP contribution >= 0.6 is 0 Å². The first kappa shape index (κ1) is 10.6. The minimum absolute atomic E-state index is 0.153. The third-order valence-electron chi connectivity index (χ3n) is 1.73. The summed E-state index contributed by atoms with van der Waals surface area (Å²) < 4.78 is 25.6. The van der Waals surface area contributed by atoms with E-state index < -0.39 is 30.1 Å². The molecule has 14 heavy (non-hydrogen) atoms. The van der Waals surface area contributed by atoms with Crippen molar-refractivity contribution < 1.29 is 23.8 Å². The first-order valence-corrected chi connectivity index (χ1v) is 3.86. The van der Waals surface area contributed by atoms with Crippen LogP contribution in [-0.2, 0) is 11.2 Å². The Bertz CT molecular complexity index is 352. The van der Waals surface area contributed by atoms with Gasteiger partial charge in [-0.3, -0.25) is 0 Å². The molecule has 0 aliphatic heterocycles. The van der Waals surface area contributed by atoms with Crippen molar-refractivity contribution in [3.63, 3.8) is 0 Å². The van der Waals surface area contributed by atoms with Crippen LogP contribution in [0.3, 0.4) is 0 Å². The fraction of sp³-hybridized carbons (Fsp3) is 0.222. The summed E-state index contributed by atoms with van der Waals surface area (Å²) >= 11 is 0. The average molecular weight is 202 g/mol. The first-order valence-electron chi connectivity index (χ1n) is 3.86. The molecule has 0 spiro atoms. The fourth-order valence-electron chi connectivity index (χ4n) is 1.00. The van der Waals surface area contributed by atoms with Crippen molar-refractivity contribution in [2.75, 3.05) is 0 Å². The van der Waals surface area contributed by atoms with E-state index in [0.29, 0.717) is 0 Å². The van der Waals surface area contributed by atoms with Crippen molar-refractivity contribution in [3.05, 3.63) is 35.4 Å². The van der Waals surface area contributed by atoms with E-state index >= 15 is 0 Å².